The Hall–Kier alpha value is -2.45. The first-order valence-electron chi connectivity index (χ1n) is 13.2. The highest BCUT2D eigenvalue weighted by atomic mass is 16.5. The lowest BCUT2D eigenvalue weighted by atomic mass is 10.1. The number of nitrogens with zero attached hydrogens (tertiary/aromatic N) is 4. The second-order valence-electron chi connectivity index (χ2n) is 9.58. The van der Waals surface area contributed by atoms with Crippen molar-refractivity contribution in [3.05, 3.63) is 23.5 Å². The van der Waals surface area contributed by atoms with Crippen molar-refractivity contribution >= 4 is 11.6 Å². The number of morpholine rings is 1. The molecular weight excluding hydrogens is 440 g/mol. The minimum absolute atomic E-state index is 0.343. The molecule has 2 aromatic rings. The zero-order valence-electron chi connectivity index (χ0n) is 22.5. The molecule has 1 aliphatic rings. The monoisotopic (exact) mass is 484 g/mol. The molecule has 0 aliphatic carbocycles. The molecule has 1 unspecified atom stereocenters. The van der Waals surface area contributed by atoms with E-state index in [2.05, 4.69) is 55.4 Å². The summed E-state index contributed by atoms with van der Waals surface area (Å²) in [6.45, 7) is 16.3. The van der Waals surface area contributed by atoms with Crippen LogP contribution in [0.5, 0.6) is 5.88 Å². The summed E-state index contributed by atoms with van der Waals surface area (Å²) < 4.78 is 11.1. The van der Waals surface area contributed by atoms with Gasteiger partial charge in [0, 0.05) is 36.9 Å². The lowest BCUT2D eigenvalue weighted by Crippen LogP contribution is -2.37. The van der Waals surface area contributed by atoms with Crippen LogP contribution in [0.3, 0.4) is 0 Å². The molecule has 0 radical (unpaired) electrons. The molecule has 0 spiro atoms. The van der Waals surface area contributed by atoms with Gasteiger partial charge in [0.1, 0.15) is 5.82 Å². The SMILES string of the molecule is CCCC(CC)Nc1nc(C)c(-c2ccc(C(C)C)nc2NCCCN2CCOCC2)nc1OC. The van der Waals surface area contributed by atoms with Gasteiger partial charge in [0.15, 0.2) is 5.82 Å². The van der Waals surface area contributed by atoms with Crippen LogP contribution in [-0.4, -0.2) is 72.4 Å². The molecule has 1 fully saturated rings. The number of aromatic nitrogens is 3. The summed E-state index contributed by atoms with van der Waals surface area (Å²) in [5.74, 6) is 2.43. The van der Waals surface area contributed by atoms with Gasteiger partial charge < -0.3 is 20.1 Å². The maximum Gasteiger partial charge on any atom is 0.257 e. The Bertz CT molecular complexity index is 930. The molecular formula is C27H44N6O2. The Balaban J connectivity index is 1.83. The maximum atomic E-state index is 5.66. The van der Waals surface area contributed by atoms with E-state index in [1.54, 1.807) is 7.11 Å². The van der Waals surface area contributed by atoms with Gasteiger partial charge in [-0.1, -0.05) is 34.1 Å². The van der Waals surface area contributed by atoms with Crippen LogP contribution in [0.2, 0.25) is 0 Å². The van der Waals surface area contributed by atoms with E-state index < -0.39 is 0 Å². The predicted molar refractivity (Wildman–Crippen MR) is 144 cm³/mol. The maximum absolute atomic E-state index is 5.66. The first kappa shape index (κ1) is 27.1. The molecule has 0 bridgehead atoms. The number of methoxy groups -OCH3 is 1. The Morgan fingerprint density at radius 2 is 1.86 bits per heavy atom. The summed E-state index contributed by atoms with van der Waals surface area (Å²) in [4.78, 5) is 17.2. The van der Waals surface area contributed by atoms with Crippen molar-refractivity contribution in [2.45, 2.75) is 72.3 Å². The first-order valence-corrected chi connectivity index (χ1v) is 13.2. The van der Waals surface area contributed by atoms with Crippen LogP contribution < -0.4 is 15.4 Å². The van der Waals surface area contributed by atoms with Gasteiger partial charge in [-0.15, -0.1) is 0 Å². The zero-order chi connectivity index (χ0) is 25.2. The van der Waals surface area contributed by atoms with E-state index in [0.29, 0.717) is 23.7 Å². The normalized spacial score (nSPS) is 15.3. The Morgan fingerprint density at radius 3 is 2.51 bits per heavy atom. The summed E-state index contributed by atoms with van der Waals surface area (Å²) in [6, 6.07) is 4.55. The van der Waals surface area contributed by atoms with Crippen molar-refractivity contribution in [2.24, 2.45) is 0 Å². The lowest BCUT2D eigenvalue weighted by molar-refractivity contribution is 0.0378. The minimum Gasteiger partial charge on any atom is -0.478 e. The van der Waals surface area contributed by atoms with Crippen LogP contribution in [0.1, 0.15) is 70.7 Å². The van der Waals surface area contributed by atoms with Crippen LogP contribution in [0.4, 0.5) is 11.6 Å². The third-order valence-electron chi connectivity index (χ3n) is 6.51. The number of hydrogen-bond donors (Lipinski definition) is 2. The second-order valence-corrected chi connectivity index (χ2v) is 9.58. The van der Waals surface area contributed by atoms with Gasteiger partial charge in [0.05, 0.1) is 31.7 Å². The number of anilines is 2. The van der Waals surface area contributed by atoms with Crippen molar-refractivity contribution in [1.29, 1.82) is 0 Å². The fraction of sp³-hybridized carbons (Fsp3) is 0.667. The molecule has 0 amide bonds. The molecule has 3 rings (SSSR count). The van der Waals surface area contributed by atoms with Crippen LogP contribution >= 0.6 is 0 Å². The third-order valence-corrected chi connectivity index (χ3v) is 6.51. The molecule has 35 heavy (non-hydrogen) atoms. The molecule has 2 N–H and O–H groups in total. The smallest absolute Gasteiger partial charge is 0.257 e. The molecule has 1 saturated heterocycles. The molecule has 8 heteroatoms. The highest BCUT2D eigenvalue weighted by molar-refractivity contribution is 5.75. The van der Waals surface area contributed by atoms with E-state index in [4.69, 9.17) is 24.4 Å². The van der Waals surface area contributed by atoms with Crippen molar-refractivity contribution < 1.29 is 9.47 Å². The summed E-state index contributed by atoms with van der Waals surface area (Å²) in [5.41, 5.74) is 3.67. The number of pyridine rings is 1. The largest absolute Gasteiger partial charge is 0.478 e. The molecule has 3 heterocycles. The number of rotatable bonds is 13. The van der Waals surface area contributed by atoms with E-state index in [1.807, 2.05) is 6.92 Å². The Kier molecular flexibility index (Phi) is 10.5. The van der Waals surface area contributed by atoms with Crippen molar-refractivity contribution in [3.63, 3.8) is 0 Å². The van der Waals surface area contributed by atoms with Crippen LogP contribution in [-0.2, 0) is 4.74 Å². The highest BCUT2D eigenvalue weighted by Crippen LogP contribution is 2.33. The van der Waals surface area contributed by atoms with Crippen molar-refractivity contribution in [3.8, 4) is 17.1 Å². The fourth-order valence-corrected chi connectivity index (χ4v) is 4.37. The number of ether oxygens (including phenoxy) is 2. The molecule has 0 saturated carbocycles. The van der Waals surface area contributed by atoms with E-state index in [0.717, 1.165) is 93.5 Å². The topological polar surface area (TPSA) is 84.4 Å². The fourth-order valence-electron chi connectivity index (χ4n) is 4.37. The number of nitrogens with one attached hydrogen (secondary N) is 2. The Labute approximate surface area is 211 Å². The predicted octanol–water partition coefficient (Wildman–Crippen LogP) is 5.10. The summed E-state index contributed by atoms with van der Waals surface area (Å²) in [6.07, 6.45) is 4.27. The van der Waals surface area contributed by atoms with E-state index >= 15 is 0 Å². The van der Waals surface area contributed by atoms with Gasteiger partial charge >= 0.3 is 0 Å². The second kappa shape index (κ2) is 13.6. The molecule has 8 nitrogen and oxygen atoms in total. The molecule has 194 valence electrons. The average molecular weight is 485 g/mol. The quantitative estimate of drug-likeness (QED) is 0.380. The van der Waals surface area contributed by atoms with E-state index in [9.17, 15) is 0 Å². The van der Waals surface area contributed by atoms with Gasteiger partial charge in [-0.2, -0.15) is 0 Å². The molecule has 1 atom stereocenters. The van der Waals surface area contributed by atoms with Crippen LogP contribution in [0.25, 0.3) is 11.3 Å². The summed E-state index contributed by atoms with van der Waals surface area (Å²) in [5, 5.41) is 7.13. The van der Waals surface area contributed by atoms with Crippen molar-refractivity contribution in [1.82, 2.24) is 19.9 Å². The van der Waals surface area contributed by atoms with Crippen LogP contribution in [0, 0.1) is 6.92 Å². The lowest BCUT2D eigenvalue weighted by Gasteiger charge is -2.26. The highest BCUT2D eigenvalue weighted by Gasteiger charge is 2.19. The first-order chi connectivity index (χ1) is 17.0. The van der Waals surface area contributed by atoms with Gasteiger partial charge in [-0.25, -0.2) is 15.0 Å². The molecule has 2 aromatic heterocycles. The zero-order valence-corrected chi connectivity index (χ0v) is 22.5. The molecule has 1 aliphatic heterocycles. The summed E-state index contributed by atoms with van der Waals surface area (Å²) >= 11 is 0. The van der Waals surface area contributed by atoms with E-state index in [1.165, 1.54) is 0 Å². The van der Waals surface area contributed by atoms with Gasteiger partial charge in [-0.05, 0) is 50.8 Å². The summed E-state index contributed by atoms with van der Waals surface area (Å²) in [7, 11) is 1.65. The molecule has 0 aromatic carbocycles. The van der Waals surface area contributed by atoms with Gasteiger partial charge in [0.2, 0.25) is 0 Å². The van der Waals surface area contributed by atoms with Gasteiger partial charge in [-0.3, -0.25) is 4.90 Å². The average Bonchev–Trinajstić information content (AvgIpc) is 2.87. The number of aryl methyl sites for hydroxylation is 1. The number of hydrogen-bond acceptors (Lipinski definition) is 8. The van der Waals surface area contributed by atoms with Crippen molar-refractivity contribution in [2.75, 3.05) is 57.1 Å². The van der Waals surface area contributed by atoms with E-state index in [-0.39, 0.29) is 0 Å². The third kappa shape index (κ3) is 7.51. The minimum atomic E-state index is 0.343. The standard InChI is InChI=1S/C27H44N6O2/c1-7-10-21(8-2)30-26-27(34-6)32-24(20(5)29-26)22-11-12-23(19(3)4)31-25(22)28-13-9-14-33-15-17-35-18-16-33/h11-12,19,21H,7-10,13-18H2,1-6H3,(H,28,31)(H,29,30). The van der Waals surface area contributed by atoms with Crippen LogP contribution in [0.15, 0.2) is 12.1 Å². The Morgan fingerprint density at radius 1 is 1.09 bits per heavy atom. The van der Waals surface area contributed by atoms with Gasteiger partial charge in [0.25, 0.3) is 5.88 Å².